The molecule has 2 rings (SSSR count). The molecule has 0 spiro atoms. The van der Waals surface area contributed by atoms with E-state index in [9.17, 15) is 4.39 Å². The van der Waals surface area contributed by atoms with Gasteiger partial charge in [-0.1, -0.05) is 31.0 Å². The SMILES string of the molecule is CCCCN1CCC(NC(=NC)NCCc2c(F)cccc2Cl)CC1. The molecular weight excluding hydrogens is 339 g/mol. The highest BCUT2D eigenvalue weighted by molar-refractivity contribution is 6.31. The fourth-order valence-electron chi connectivity index (χ4n) is 3.15. The summed E-state index contributed by atoms with van der Waals surface area (Å²) in [4.78, 5) is 6.82. The van der Waals surface area contributed by atoms with Gasteiger partial charge in [-0.05, 0) is 44.4 Å². The zero-order valence-electron chi connectivity index (χ0n) is 15.3. The molecule has 6 heteroatoms. The maximum Gasteiger partial charge on any atom is 0.191 e. The smallest absolute Gasteiger partial charge is 0.191 e. The van der Waals surface area contributed by atoms with E-state index < -0.39 is 0 Å². The number of piperidine rings is 1. The first-order valence-electron chi connectivity index (χ1n) is 9.26. The van der Waals surface area contributed by atoms with Crippen molar-refractivity contribution in [3.63, 3.8) is 0 Å². The second-order valence-electron chi connectivity index (χ2n) is 6.56. The van der Waals surface area contributed by atoms with E-state index in [1.165, 1.54) is 25.5 Å². The van der Waals surface area contributed by atoms with Gasteiger partial charge < -0.3 is 15.5 Å². The Morgan fingerprint density at radius 3 is 2.76 bits per heavy atom. The van der Waals surface area contributed by atoms with E-state index in [1.54, 1.807) is 19.2 Å². The minimum Gasteiger partial charge on any atom is -0.356 e. The largest absolute Gasteiger partial charge is 0.356 e. The summed E-state index contributed by atoms with van der Waals surface area (Å²) in [6.07, 6.45) is 5.31. The first-order chi connectivity index (χ1) is 12.1. The summed E-state index contributed by atoms with van der Waals surface area (Å²) < 4.78 is 13.8. The van der Waals surface area contributed by atoms with Crippen molar-refractivity contribution in [2.45, 2.75) is 45.1 Å². The standard InChI is InChI=1S/C19H30ClFN4/c1-3-4-12-25-13-9-15(10-14-25)24-19(22-2)23-11-8-16-17(20)6-5-7-18(16)21/h5-7,15H,3-4,8-14H2,1-2H3,(H2,22,23,24). The fraction of sp³-hybridized carbons (Fsp3) is 0.632. The van der Waals surface area contributed by atoms with Gasteiger partial charge in [0, 0.05) is 43.3 Å². The molecule has 140 valence electrons. The molecule has 1 aliphatic heterocycles. The van der Waals surface area contributed by atoms with Crippen LogP contribution in [0.3, 0.4) is 0 Å². The predicted octanol–water partition coefficient (Wildman–Crippen LogP) is 3.45. The van der Waals surface area contributed by atoms with Crippen molar-refractivity contribution in [1.82, 2.24) is 15.5 Å². The van der Waals surface area contributed by atoms with E-state index in [0.717, 1.165) is 31.9 Å². The number of hydrogen-bond acceptors (Lipinski definition) is 2. The third-order valence-corrected chi connectivity index (χ3v) is 5.06. The maximum absolute atomic E-state index is 13.8. The summed E-state index contributed by atoms with van der Waals surface area (Å²) in [6, 6.07) is 5.24. The lowest BCUT2D eigenvalue weighted by atomic mass is 10.0. The summed E-state index contributed by atoms with van der Waals surface area (Å²) in [7, 11) is 1.77. The number of guanidine groups is 1. The molecule has 0 atom stereocenters. The Labute approximate surface area is 155 Å². The van der Waals surface area contributed by atoms with Gasteiger partial charge in [0.2, 0.25) is 0 Å². The van der Waals surface area contributed by atoms with Crippen LogP contribution < -0.4 is 10.6 Å². The molecule has 1 heterocycles. The molecule has 0 radical (unpaired) electrons. The van der Waals surface area contributed by atoms with Crippen LogP contribution in [-0.2, 0) is 6.42 Å². The second kappa shape index (κ2) is 10.6. The highest BCUT2D eigenvalue weighted by Crippen LogP contribution is 2.19. The van der Waals surface area contributed by atoms with Crippen molar-refractivity contribution in [2.24, 2.45) is 4.99 Å². The Morgan fingerprint density at radius 1 is 1.36 bits per heavy atom. The van der Waals surface area contributed by atoms with Crippen LogP contribution in [0.5, 0.6) is 0 Å². The lowest BCUT2D eigenvalue weighted by Gasteiger charge is -2.33. The number of rotatable bonds is 7. The third-order valence-electron chi connectivity index (χ3n) is 4.71. The van der Waals surface area contributed by atoms with Gasteiger partial charge in [0.1, 0.15) is 5.82 Å². The van der Waals surface area contributed by atoms with Crippen molar-refractivity contribution in [1.29, 1.82) is 0 Å². The van der Waals surface area contributed by atoms with Crippen LogP contribution in [0.4, 0.5) is 4.39 Å². The van der Waals surface area contributed by atoms with E-state index in [2.05, 4.69) is 27.4 Å². The van der Waals surface area contributed by atoms with E-state index in [-0.39, 0.29) is 5.82 Å². The molecule has 0 aliphatic carbocycles. The molecule has 25 heavy (non-hydrogen) atoms. The average Bonchev–Trinajstić information content (AvgIpc) is 2.62. The Balaban J connectivity index is 1.73. The van der Waals surface area contributed by atoms with Crippen LogP contribution in [0.25, 0.3) is 0 Å². The van der Waals surface area contributed by atoms with Gasteiger partial charge in [0.05, 0.1) is 0 Å². The maximum atomic E-state index is 13.8. The molecule has 0 bridgehead atoms. The monoisotopic (exact) mass is 368 g/mol. The minimum absolute atomic E-state index is 0.253. The lowest BCUT2D eigenvalue weighted by molar-refractivity contribution is 0.203. The van der Waals surface area contributed by atoms with E-state index in [4.69, 9.17) is 11.6 Å². The first kappa shape index (κ1) is 20.0. The molecule has 0 aromatic heterocycles. The third kappa shape index (κ3) is 6.48. The molecule has 1 aliphatic rings. The predicted molar refractivity (Wildman–Crippen MR) is 104 cm³/mol. The number of nitrogens with zero attached hydrogens (tertiary/aromatic N) is 2. The van der Waals surface area contributed by atoms with E-state index in [1.807, 2.05) is 0 Å². The number of likely N-dealkylation sites (tertiary alicyclic amines) is 1. The Hall–Kier alpha value is -1.33. The van der Waals surface area contributed by atoms with Gasteiger partial charge in [-0.25, -0.2) is 4.39 Å². The minimum atomic E-state index is -0.253. The van der Waals surface area contributed by atoms with Crippen LogP contribution in [0.2, 0.25) is 5.02 Å². The van der Waals surface area contributed by atoms with E-state index in [0.29, 0.717) is 29.6 Å². The van der Waals surface area contributed by atoms with Crippen LogP contribution in [-0.4, -0.2) is 50.1 Å². The number of hydrogen-bond donors (Lipinski definition) is 2. The fourth-order valence-corrected chi connectivity index (χ4v) is 3.41. The molecule has 1 fully saturated rings. The quantitative estimate of drug-likeness (QED) is 0.572. The van der Waals surface area contributed by atoms with Crippen molar-refractivity contribution in [2.75, 3.05) is 33.2 Å². The normalized spacial score (nSPS) is 16.9. The van der Waals surface area contributed by atoms with Crippen LogP contribution in [0.1, 0.15) is 38.2 Å². The Bertz CT molecular complexity index is 536. The molecule has 0 unspecified atom stereocenters. The molecule has 1 aromatic rings. The van der Waals surface area contributed by atoms with Crippen LogP contribution in [0.15, 0.2) is 23.2 Å². The number of unbranched alkanes of at least 4 members (excludes halogenated alkanes) is 1. The van der Waals surface area contributed by atoms with Crippen molar-refractivity contribution < 1.29 is 4.39 Å². The molecule has 0 amide bonds. The molecule has 1 saturated heterocycles. The molecule has 1 aromatic carbocycles. The van der Waals surface area contributed by atoms with Crippen LogP contribution in [0, 0.1) is 5.82 Å². The molecule has 0 saturated carbocycles. The summed E-state index contributed by atoms with van der Waals surface area (Å²) in [5, 5.41) is 7.22. The Morgan fingerprint density at radius 2 is 2.12 bits per heavy atom. The van der Waals surface area contributed by atoms with Crippen molar-refractivity contribution >= 4 is 17.6 Å². The van der Waals surface area contributed by atoms with Gasteiger partial charge in [-0.3, -0.25) is 4.99 Å². The highest BCUT2D eigenvalue weighted by Gasteiger charge is 2.19. The molecule has 4 nitrogen and oxygen atoms in total. The van der Waals surface area contributed by atoms with Gasteiger partial charge in [-0.2, -0.15) is 0 Å². The molecular formula is C19H30ClFN4. The lowest BCUT2D eigenvalue weighted by Crippen LogP contribution is -2.49. The number of benzene rings is 1. The number of aliphatic imine (C=N–C) groups is 1. The number of nitrogens with one attached hydrogen (secondary N) is 2. The zero-order valence-corrected chi connectivity index (χ0v) is 16.1. The topological polar surface area (TPSA) is 39.7 Å². The number of halogens is 2. The molecule has 2 N–H and O–H groups in total. The van der Waals surface area contributed by atoms with Crippen molar-refractivity contribution in [3.8, 4) is 0 Å². The van der Waals surface area contributed by atoms with Gasteiger partial charge in [-0.15, -0.1) is 0 Å². The van der Waals surface area contributed by atoms with Gasteiger partial charge in [0.15, 0.2) is 5.96 Å². The van der Waals surface area contributed by atoms with Crippen LogP contribution >= 0.6 is 11.6 Å². The summed E-state index contributed by atoms with van der Waals surface area (Å²) in [6.45, 7) is 6.31. The summed E-state index contributed by atoms with van der Waals surface area (Å²) in [5.41, 5.74) is 0.552. The highest BCUT2D eigenvalue weighted by atomic mass is 35.5. The Kier molecular flexibility index (Phi) is 8.49. The van der Waals surface area contributed by atoms with Gasteiger partial charge >= 0.3 is 0 Å². The van der Waals surface area contributed by atoms with Crippen molar-refractivity contribution in [3.05, 3.63) is 34.6 Å². The first-order valence-corrected chi connectivity index (χ1v) is 9.64. The zero-order chi connectivity index (χ0) is 18.1. The summed E-state index contributed by atoms with van der Waals surface area (Å²) >= 11 is 6.07. The van der Waals surface area contributed by atoms with E-state index >= 15 is 0 Å². The van der Waals surface area contributed by atoms with Gasteiger partial charge in [0.25, 0.3) is 0 Å². The second-order valence-corrected chi connectivity index (χ2v) is 6.97. The summed E-state index contributed by atoms with van der Waals surface area (Å²) in [5.74, 6) is 0.524. The average molecular weight is 369 g/mol.